The number of sulfonamides is 1. The predicted octanol–water partition coefficient (Wildman–Crippen LogP) is 0.760. The second kappa shape index (κ2) is 8.94. The zero-order valence-electron chi connectivity index (χ0n) is 16.9. The maximum atomic E-state index is 12.8. The van der Waals surface area contributed by atoms with E-state index in [4.69, 9.17) is 5.14 Å². The van der Waals surface area contributed by atoms with Crippen molar-refractivity contribution in [2.24, 2.45) is 5.14 Å². The van der Waals surface area contributed by atoms with E-state index in [0.717, 1.165) is 38.3 Å². The zero-order valence-corrected chi connectivity index (χ0v) is 17.8. The third-order valence-corrected chi connectivity index (χ3v) is 6.30. The summed E-state index contributed by atoms with van der Waals surface area (Å²) in [6.45, 7) is 7.53. The maximum absolute atomic E-state index is 12.8. The van der Waals surface area contributed by atoms with Gasteiger partial charge in [-0.15, -0.1) is 0 Å². The molecule has 1 aliphatic heterocycles. The second-order valence-corrected chi connectivity index (χ2v) is 8.88. The number of hydrogen-bond acceptors (Lipinski definition) is 4. The molecule has 0 aromatic heterocycles. The number of nitrogens with one attached hydrogen (secondary N) is 2. The Bertz CT molecular complexity index is 987. The highest BCUT2D eigenvalue weighted by molar-refractivity contribution is 7.89. The molecule has 1 heterocycles. The first-order valence-electron chi connectivity index (χ1n) is 9.93. The normalized spacial score (nSPS) is 16.2. The molecule has 1 aliphatic rings. The number of nitrogens with zero attached hydrogens (tertiary/aromatic N) is 1. The van der Waals surface area contributed by atoms with Crippen LogP contribution in [-0.4, -0.2) is 40.5 Å². The van der Waals surface area contributed by atoms with E-state index in [-0.39, 0.29) is 10.8 Å². The van der Waals surface area contributed by atoms with Crippen molar-refractivity contribution in [3.8, 4) is 0 Å². The van der Waals surface area contributed by atoms with Crippen LogP contribution < -0.4 is 20.3 Å². The lowest BCUT2D eigenvalue weighted by molar-refractivity contribution is -0.907. The Labute approximate surface area is 172 Å². The fourth-order valence-corrected chi connectivity index (χ4v) is 4.39. The van der Waals surface area contributed by atoms with E-state index < -0.39 is 10.0 Å². The van der Waals surface area contributed by atoms with Gasteiger partial charge in [0.05, 0.1) is 22.8 Å². The molecule has 0 radical (unpaired) electrons. The number of benzene rings is 2. The molecule has 0 fully saturated rings. The number of anilines is 2. The van der Waals surface area contributed by atoms with Crippen LogP contribution in [0.15, 0.2) is 47.4 Å². The molecule has 0 saturated heterocycles. The molecule has 29 heavy (non-hydrogen) atoms. The summed E-state index contributed by atoms with van der Waals surface area (Å²) in [4.78, 5) is 16.0. The summed E-state index contributed by atoms with van der Waals surface area (Å²) in [5.74, 6) is -0.139. The number of fused-ring (bicyclic) bond motifs is 1. The second-order valence-electron chi connectivity index (χ2n) is 7.32. The lowest BCUT2D eigenvalue weighted by atomic mass is 10.00. The molecule has 0 bridgehead atoms. The van der Waals surface area contributed by atoms with Crippen molar-refractivity contribution in [2.45, 2.75) is 31.7 Å². The van der Waals surface area contributed by atoms with Gasteiger partial charge in [-0.2, -0.15) is 0 Å². The van der Waals surface area contributed by atoms with Gasteiger partial charge < -0.3 is 15.1 Å². The Morgan fingerprint density at radius 3 is 2.48 bits per heavy atom. The summed E-state index contributed by atoms with van der Waals surface area (Å²) in [6, 6.07) is 12.9. The van der Waals surface area contributed by atoms with E-state index >= 15 is 0 Å². The number of amides is 1. The molecular weight excluding hydrogens is 388 g/mol. The molecule has 2 aromatic rings. The minimum absolute atomic E-state index is 0.0112. The Kier molecular flexibility index (Phi) is 6.56. The molecule has 3 rings (SSSR count). The van der Waals surface area contributed by atoms with E-state index in [1.54, 1.807) is 6.07 Å². The molecule has 156 valence electrons. The van der Waals surface area contributed by atoms with Crippen molar-refractivity contribution >= 4 is 27.3 Å². The largest absolute Gasteiger partial charge is 0.370 e. The van der Waals surface area contributed by atoms with Gasteiger partial charge in [0.1, 0.15) is 6.54 Å². The van der Waals surface area contributed by atoms with Crippen LogP contribution in [0, 0.1) is 0 Å². The standard InChI is InChI=1S/C21H28N4O3S/c1-3-25(4-2)20-10-9-18(29(22,27)28)13-19(20)23-21(26)15-24-12-11-16-7-5-6-8-17(16)14-24/h5-10,13H,3-4,11-12,14-15H2,1-2H3,(H,23,26)(H2,22,27,28)/p+1. The van der Waals surface area contributed by atoms with Crippen molar-refractivity contribution in [3.05, 3.63) is 53.6 Å². The van der Waals surface area contributed by atoms with Crippen LogP contribution in [0.1, 0.15) is 25.0 Å². The third-order valence-electron chi connectivity index (χ3n) is 5.39. The number of carbonyl (C=O) groups excluding carboxylic acids is 1. The molecule has 0 spiro atoms. The summed E-state index contributed by atoms with van der Waals surface area (Å²) in [7, 11) is -3.85. The van der Waals surface area contributed by atoms with Crippen LogP contribution in [0.3, 0.4) is 0 Å². The highest BCUT2D eigenvalue weighted by Gasteiger charge is 2.23. The van der Waals surface area contributed by atoms with Crippen molar-refractivity contribution in [3.63, 3.8) is 0 Å². The van der Waals surface area contributed by atoms with Gasteiger partial charge in [0.25, 0.3) is 5.91 Å². The van der Waals surface area contributed by atoms with Crippen molar-refractivity contribution in [2.75, 3.05) is 36.4 Å². The third kappa shape index (κ3) is 5.14. The highest BCUT2D eigenvalue weighted by Crippen LogP contribution is 2.28. The van der Waals surface area contributed by atoms with Crippen LogP contribution in [0.2, 0.25) is 0 Å². The van der Waals surface area contributed by atoms with Gasteiger partial charge in [-0.05, 0) is 37.6 Å². The fraction of sp³-hybridized carbons (Fsp3) is 0.381. The van der Waals surface area contributed by atoms with Crippen molar-refractivity contribution in [1.82, 2.24) is 0 Å². The monoisotopic (exact) mass is 417 g/mol. The van der Waals surface area contributed by atoms with E-state index in [0.29, 0.717) is 12.2 Å². The zero-order chi connectivity index (χ0) is 21.0. The smallest absolute Gasteiger partial charge is 0.279 e. The Morgan fingerprint density at radius 1 is 1.14 bits per heavy atom. The molecule has 1 amide bonds. The summed E-state index contributed by atoms with van der Waals surface area (Å²) in [6.07, 6.45) is 0.949. The van der Waals surface area contributed by atoms with Crippen LogP contribution in [0.25, 0.3) is 0 Å². The van der Waals surface area contributed by atoms with Gasteiger partial charge >= 0.3 is 0 Å². The summed E-state index contributed by atoms with van der Waals surface area (Å²) < 4.78 is 23.5. The molecule has 8 heteroatoms. The summed E-state index contributed by atoms with van der Waals surface area (Å²) in [5.41, 5.74) is 3.89. The van der Waals surface area contributed by atoms with E-state index in [1.807, 2.05) is 26.0 Å². The first kappa shape index (κ1) is 21.3. The fourth-order valence-electron chi connectivity index (χ4n) is 3.85. The molecule has 0 aliphatic carbocycles. The highest BCUT2D eigenvalue weighted by atomic mass is 32.2. The predicted molar refractivity (Wildman–Crippen MR) is 115 cm³/mol. The summed E-state index contributed by atoms with van der Waals surface area (Å²) >= 11 is 0. The van der Waals surface area contributed by atoms with Crippen LogP contribution in [0.5, 0.6) is 0 Å². The van der Waals surface area contributed by atoms with E-state index in [2.05, 4.69) is 22.3 Å². The minimum Gasteiger partial charge on any atom is -0.370 e. The average molecular weight is 418 g/mol. The SMILES string of the molecule is CCN(CC)c1ccc(S(N)(=O)=O)cc1NC(=O)C[NH+]1CCc2ccccc2C1. The first-order valence-corrected chi connectivity index (χ1v) is 11.5. The number of carbonyl (C=O) groups is 1. The van der Waals surface area contributed by atoms with Crippen LogP contribution in [0.4, 0.5) is 11.4 Å². The van der Waals surface area contributed by atoms with Gasteiger partial charge in [-0.25, -0.2) is 13.6 Å². The minimum atomic E-state index is -3.85. The number of primary sulfonamides is 1. The molecule has 0 saturated carbocycles. The average Bonchev–Trinajstić information content (AvgIpc) is 2.69. The molecule has 2 aromatic carbocycles. The van der Waals surface area contributed by atoms with Crippen molar-refractivity contribution in [1.29, 1.82) is 0 Å². The lowest BCUT2D eigenvalue weighted by Gasteiger charge is -2.27. The summed E-state index contributed by atoms with van der Waals surface area (Å²) in [5, 5.41) is 8.21. The van der Waals surface area contributed by atoms with Crippen LogP contribution >= 0.6 is 0 Å². The molecule has 1 atom stereocenters. The molecule has 7 nitrogen and oxygen atoms in total. The lowest BCUT2D eigenvalue weighted by Crippen LogP contribution is -3.12. The van der Waals surface area contributed by atoms with Crippen molar-refractivity contribution < 1.29 is 18.1 Å². The molecule has 1 unspecified atom stereocenters. The number of nitrogens with two attached hydrogens (primary N) is 1. The Hall–Kier alpha value is -2.42. The van der Waals surface area contributed by atoms with Gasteiger partial charge in [0.15, 0.2) is 6.54 Å². The van der Waals surface area contributed by atoms with Gasteiger partial charge in [-0.1, -0.05) is 24.3 Å². The van der Waals surface area contributed by atoms with Gasteiger partial charge in [0, 0.05) is 25.1 Å². The van der Waals surface area contributed by atoms with Gasteiger partial charge in [0.2, 0.25) is 10.0 Å². The van der Waals surface area contributed by atoms with E-state index in [1.165, 1.54) is 28.2 Å². The Morgan fingerprint density at radius 2 is 1.83 bits per heavy atom. The maximum Gasteiger partial charge on any atom is 0.279 e. The van der Waals surface area contributed by atoms with Crippen LogP contribution in [-0.2, 0) is 27.8 Å². The quantitative estimate of drug-likeness (QED) is 0.620. The van der Waals surface area contributed by atoms with E-state index in [9.17, 15) is 13.2 Å². The molecular formula is C21H29N4O3S+. The number of rotatable bonds is 7. The number of quaternary nitrogens is 1. The number of hydrogen-bond donors (Lipinski definition) is 3. The molecule has 4 N–H and O–H groups in total. The first-order chi connectivity index (χ1) is 13.8. The topological polar surface area (TPSA) is 96.9 Å². The Balaban J connectivity index is 1.78. The van der Waals surface area contributed by atoms with Gasteiger partial charge in [-0.3, -0.25) is 4.79 Å².